The highest BCUT2D eigenvalue weighted by Crippen LogP contribution is 2.20. The summed E-state index contributed by atoms with van der Waals surface area (Å²) < 4.78 is 10.7. The average Bonchev–Trinajstić information content (AvgIpc) is 3.15. The number of hydrazine groups is 1. The molecule has 0 bridgehead atoms. The lowest BCUT2D eigenvalue weighted by Gasteiger charge is -2.17. The number of benzene rings is 1. The number of aliphatic imine (C=N–C) groups is 1. The number of para-hydroxylation sites is 1. The van der Waals surface area contributed by atoms with Crippen LogP contribution in [0.2, 0.25) is 0 Å². The van der Waals surface area contributed by atoms with Crippen LogP contribution in [0.5, 0.6) is 5.75 Å². The summed E-state index contributed by atoms with van der Waals surface area (Å²) >= 11 is 0. The highest BCUT2D eigenvalue weighted by molar-refractivity contribution is 5.98. The van der Waals surface area contributed by atoms with Crippen molar-refractivity contribution in [2.24, 2.45) is 4.99 Å². The Morgan fingerprint density at radius 3 is 2.86 bits per heavy atom. The molecule has 0 spiro atoms. The summed E-state index contributed by atoms with van der Waals surface area (Å²) in [4.78, 5) is 16.5. The largest absolute Gasteiger partial charge is 0.484 e. The van der Waals surface area contributed by atoms with E-state index in [0.29, 0.717) is 17.3 Å². The first-order valence-electron chi connectivity index (χ1n) is 6.59. The molecule has 1 aromatic carbocycles. The molecule has 3 rings (SSSR count). The molecule has 6 heteroatoms. The third kappa shape index (κ3) is 2.95. The van der Waals surface area contributed by atoms with Crippen LogP contribution in [0, 0.1) is 0 Å². The van der Waals surface area contributed by atoms with E-state index >= 15 is 0 Å². The predicted molar refractivity (Wildman–Crippen MR) is 76.5 cm³/mol. The zero-order valence-corrected chi connectivity index (χ0v) is 11.5. The molecular weight excluding hydrogens is 270 g/mol. The van der Waals surface area contributed by atoms with Crippen molar-refractivity contribution in [3.05, 3.63) is 54.5 Å². The third-order valence-electron chi connectivity index (χ3n) is 3.06. The first-order valence-corrected chi connectivity index (χ1v) is 6.59. The summed E-state index contributed by atoms with van der Waals surface area (Å²) in [5, 5.41) is 1.39. The van der Waals surface area contributed by atoms with E-state index in [1.165, 1.54) is 5.01 Å². The fraction of sp³-hybridized carbons (Fsp3) is 0.200. The van der Waals surface area contributed by atoms with Crippen molar-refractivity contribution < 1.29 is 13.9 Å². The summed E-state index contributed by atoms with van der Waals surface area (Å²) in [7, 11) is 0. The van der Waals surface area contributed by atoms with Crippen LogP contribution in [-0.4, -0.2) is 23.4 Å². The van der Waals surface area contributed by atoms with Gasteiger partial charge in [0.15, 0.2) is 12.8 Å². The zero-order chi connectivity index (χ0) is 14.7. The van der Waals surface area contributed by atoms with Crippen LogP contribution in [-0.2, 0) is 4.79 Å². The average molecular weight is 285 g/mol. The molecule has 0 saturated carbocycles. The van der Waals surface area contributed by atoms with Crippen molar-refractivity contribution in [1.82, 2.24) is 10.4 Å². The van der Waals surface area contributed by atoms with Crippen LogP contribution in [0.1, 0.15) is 18.8 Å². The van der Waals surface area contributed by atoms with Crippen molar-refractivity contribution in [3.8, 4) is 5.75 Å². The molecule has 0 saturated heterocycles. The van der Waals surface area contributed by atoms with Crippen molar-refractivity contribution in [2.45, 2.75) is 13.1 Å². The number of carbonyl (C=O) groups is 1. The molecule has 1 amide bonds. The van der Waals surface area contributed by atoms with Gasteiger partial charge in [0.05, 0.1) is 6.26 Å². The van der Waals surface area contributed by atoms with Gasteiger partial charge in [-0.05, 0) is 31.2 Å². The molecule has 1 N–H and O–H groups in total. The number of hydrogen-bond donors (Lipinski definition) is 1. The number of nitrogens with one attached hydrogen (secondary N) is 1. The first kappa shape index (κ1) is 13.4. The summed E-state index contributed by atoms with van der Waals surface area (Å²) in [5.41, 5.74) is 2.99. The Labute approximate surface area is 122 Å². The third-order valence-corrected chi connectivity index (χ3v) is 3.06. The van der Waals surface area contributed by atoms with Crippen molar-refractivity contribution in [2.75, 3.05) is 6.61 Å². The topological polar surface area (TPSA) is 67.1 Å². The van der Waals surface area contributed by atoms with Gasteiger partial charge in [-0.25, -0.2) is 10.0 Å². The predicted octanol–water partition coefficient (Wildman–Crippen LogP) is 2.12. The van der Waals surface area contributed by atoms with Gasteiger partial charge in [-0.1, -0.05) is 18.2 Å². The van der Waals surface area contributed by atoms with Crippen LogP contribution in [0.3, 0.4) is 0 Å². The Morgan fingerprint density at radius 2 is 2.14 bits per heavy atom. The van der Waals surface area contributed by atoms with Gasteiger partial charge in [-0.2, -0.15) is 5.43 Å². The number of carbonyl (C=O) groups excluding carboxylic acids is 1. The van der Waals surface area contributed by atoms with Crippen LogP contribution >= 0.6 is 0 Å². The number of nitrogens with zero attached hydrogens (tertiary/aromatic N) is 2. The number of rotatable bonds is 4. The zero-order valence-electron chi connectivity index (χ0n) is 11.5. The summed E-state index contributed by atoms with van der Waals surface area (Å²) in [6.45, 7) is 1.70. The normalized spacial score (nSPS) is 17.7. The lowest BCUT2D eigenvalue weighted by atomic mass is 10.3. The second-order valence-corrected chi connectivity index (χ2v) is 4.55. The molecule has 0 fully saturated rings. The number of furan rings is 1. The van der Waals surface area contributed by atoms with Gasteiger partial charge in [0.2, 0.25) is 0 Å². The second kappa shape index (κ2) is 5.80. The maximum atomic E-state index is 12.2. The Bertz CT molecular complexity index is 637. The Hall–Kier alpha value is -2.60. The van der Waals surface area contributed by atoms with Crippen molar-refractivity contribution in [1.29, 1.82) is 0 Å². The fourth-order valence-electron chi connectivity index (χ4n) is 2.04. The molecule has 2 heterocycles. The van der Waals surface area contributed by atoms with Crippen LogP contribution < -0.4 is 10.2 Å². The van der Waals surface area contributed by atoms with E-state index in [1.807, 2.05) is 24.3 Å². The molecular formula is C15H15N3O3. The van der Waals surface area contributed by atoms with E-state index in [2.05, 4.69) is 10.4 Å². The molecule has 108 valence electrons. The Kier molecular flexibility index (Phi) is 3.70. The minimum atomic E-state index is -0.374. The number of ether oxygens (including phenoxy) is 1. The number of amidine groups is 1. The molecule has 6 nitrogen and oxygen atoms in total. The minimum Gasteiger partial charge on any atom is -0.484 e. The SMILES string of the molecule is CC1=NC(c2ccco2)NN1C(=O)COc1ccccc1. The number of hydrogen-bond acceptors (Lipinski definition) is 5. The van der Waals surface area contributed by atoms with Gasteiger partial charge < -0.3 is 9.15 Å². The van der Waals surface area contributed by atoms with E-state index in [0.717, 1.165) is 0 Å². The highest BCUT2D eigenvalue weighted by Gasteiger charge is 2.29. The Morgan fingerprint density at radius 1 is 1.33 bits per heavy atom. The summed E-state index contributed by atoms with van der Waals surface area (Å²) in [5.74, 6) is 1.68. The summed E-state index contributed by atoms with van der Waals surface area (Å²) in [6, 6.07) is 12.8. The highest BCUT2D eigenvalue weighted by atomic mass is 16.5. The molecule has 2 aromatic rings. The van der Waals surface area contributed by atoms with E-state index in [-0.39, 0.29) is 18.7 Å². The standard InChI is InChI=1S/C15H15N3O3/c1-11-16-15(13-8-5-9-20-13)17-18(11)14(19)10-21-12-6-3-2-4-7-12/h2-9,15,17H,10H2,1H3. The van der Waals surface area contributed by atoms with E-state index in [9.17, 15) is 4.79 Å². The van der Waals surface area contributed by atoms with Gasteiger partial charge in [0, 0.05) is 0 Å². The monoisotopic (exact) mass is 285 g/mol. The van der Waals surface area contributed by atoms with Gasteiger partial charge >= 0.3 is 0 Å². The van der Waals surface area contributed by atoms with Crippen LogP contribution in [0.4, 0.5) is 0 Å². The van der Waals surface area contributed by atoms with Gasteiger partial charge in [0.25, 0.3) is 5.91 Å². The Balaban J connectivity index is 1.60. The van der Waals surface area contributed by atoms with E-state index in [1.54, 1.807) is 31.4 Å². The first-order chi connectivity index (χ1) is 10.2. The van der Waals surface area contributed by atoms with Crippen molar-refractivity contribution >= 4 is 11.7 Å². The lowest BCUT2D eigenvalue weighted by Crippen LogP contribution is -2.44. The molecule has 0 radical (unpaired) electrons. The minimum absolute atomic E-state index is 0.0608. The maximum absolute atomic E-state index is 12.2. The maximum Gasteiger partial charge on any atom is 0.280 e. The molecule has 21 heavy (non-hydrogen) atoms. The van der Waals surface area contributed by atoms with E-state index < -0.39 is 0 Å². The smallest absolute Gasteiger partial charge is 0.280 e. The van der Waals surface area contributed by atoms with Crippen molar-refractivity contribution in [3.63, 3.8) is 0 Å². The van der Waals surface area contributed by atoms with Crippen LogP contribution in [0.25, 0.3) is 0 Å². The van der Waals surface area contributed by atoms with Gasteiger partial charge in [-0.15, -0.1) is 0 Å². The molecule has 1 unspecified atom stereocenters. The lowest BCUT2D eigenvalue weighted by molar-refractivity contribution is -0.131. The van der Waals surface area contributed by atoms with Gasteiger partial charge in [-0.3, -0.25) is 4.79 Å². The molecule has 1 aliphatic rings. The van der Waals surface area contributed by atoms with Crippen LogP contribution in [0.15, 0.2) is 58.1 Å². The summed E-state index contributed by atoms with van der Waals surface area (Å²) in [6.07, 6.45) is 1.20. The van der Waals surface area contributed by atoms with E-state index in [4.69, 9.17) is 9.15 Å². The fourth-order valence-corrected chi connectivity index (χ4v) is 2.04. The molecule has 1 atom stereocenters. The quantitative estimate of drug-likeness (QED) is 0.934. The van der Waals surface area contributed by atoms with Gasteiger partial charge in [0.1, 0.15) is 17.3 Å². The molecule has 0 aliphatic carbocycles. The second-order valence-electron chi connectivity index (χ2n) is 4.55. The molecule has 1 aromatic heterocycles. The number of amides is 1. The molecule has 1 aliphatic heterocycles.